The predicted molar refractivity (Wildman–Crippen MR) is 234 cm³/mol. The van der Waals surface area contributed by atoms with Crippen LogP contribution in [0.5, 0.6) is 0 Å². The smallest absolute Gasteiger partial charge is 0.331 e. The van der Waals surface area contributed by atoms with Crippen molar-refractivity contribution in [1.29, 1.82) is 0 Å². The van der Waals surface area contributed by atoms with Gasteiger partial charge in [0.2, 0.25) is 17.7 Å². The summed E-state index contributed by atoms with van der Waals surface area (Å²) in [7, 11) is -2.46. The molecule has 9 atom stereocenters. The summed E-state index contributed by atoms with van der Waals surface area (Å²) in [5, 5.41) is 20.1. The molecule has 1 aromatic rings. The van der Waals surface area contributed by atoms with Crippen LogP contribution in [0.3, 0.4) is 0 Å². The highest BCUT2D eigenvalue weighted by Gasteiger charge is 2.44. The van der Waals surface area contributed by atoms with E-state index in [1.54, 1.807) is 27.7 Å². The van der Waals surface area contributed by atoms with Crippen molar-refractivity contribution in [3.8, 4) is 0 Å². The third-order valence-corrected chi connectivity index (χ3v) is 16.9. The number of hydrogen-bond acceptors (Lipinski definition) is 8. The van der Waals surface area contributed by atoms with Crippen molar-refractivity contribution in [1.82, 2.24) is 16.0 Å². The molecule has 4 N–H and O–H groups in total. The second-order valence-electron chi connectivity index (χ2n) is 18.7. The molecule has 0 unspecified atom stereocenters. The van der Waals surface area contributed by atoms with Gasteiger partial charge in [-0.1, -0.05) is 150 Å². The Kier molecular flexibility index (Phi) is 22.2. The molecule has 332 valence electrons. The maximum Gasteiger partial charge on any atom is 0.331 e. The number of ether oxygens (including phenoxy) is 2. The fourth-order valence-electron chi connectivity index (χ4n) is 7.17. The molecule has 11 nitrogen and oxygen atoms in total. The minimum absolute atomic E-state index is 0.186. The number of cyclic esters (lactones) is 1. The first kappa shape index (κ1) is 51.3. The quantitative estimate of drug-likeness (QED) is 0.0582. The number of nitrogens with one attached hydrogen (secondary N) is 3. The Morgan fingerprint density at radius 1 is 0.724 bits per heavy atom. The van der Waals surface area contributed by atoms with Crippen molar-refractivity contribution in [2.45, 2.75) is 214 Å². The summed E-state index contributed by atoms with van der Waals surface area (Å²) in [5.41, 5.74) is 0.893. The van der Waals surface area contributed by atoms with E-state index in [9.17, 15) is 24.3 Å². The van der Waals surface area contributed by atoms with Gasteiger partial charge in [-0.25, -0.2) is 4.79 Å². The highest BCUT2D eigenvalue weighted by Crippen LogP contribution is 2.37. The van der Waals surface area contributed by atoms with E-state index >= 15 is 0 Å². The maximum atomic E-state index is 14.5. The zero-order valence-electron chi connectivity index (χ0n) is 38.2. The molecule has 0 saturated carbocycles. The van der Waals surface area contributed by atoms with Gasteiger partial charge >= 0.3 is 5.97 Å². The van der Waals surface area contributed by atoms with E-state index in [1.165, 1.54) is 44.9 Å². The van der Waals surface area contributed by atoms with Gasteiger partial charge in [0, 0.05) is 5.92 Å². The topological polar surface area (TPSA) is 152 Å². The summed E-state index contributed by atoms with van der Waals surface area (Å²) in [6, 6.07) is 6.05. The Hall–Kier alpha value is -2.80. The zero-order valence-corrected chi connectivity index (χ0v) is 39.2. The van der Waals surface area contributed by atoms with Crippen LogP contribution in [0.2, 0.25) is 18.1 Å². The van der Waals surface area contributed by atoms with Gasteiger partial charge in [-0.3, -0.25) is 14.4 Å². The van der Waals surface area contributed by atoms with Crippen LogP contribution in [-0.2, 0) is 39.7 Å². The van der Waals surface area contributed by atoms with E-state index in [2.05, 4.69) is 56.7 Å². The van der Waals surface area contributed by atoms with Crippen LogP contribution in [0.1, 0.15) is 152 Å². The molecule has 12 heteroatoms. The van der Waals surface area contributed by atoms with Crippen molar-refractivity contribution >= 4 is 32.0 Å². The molecule has 2 rings (SSSR count). The van der Waals surface area contributed by atoms with E-state index < -0.39 is 86.4 Å². The molecular weight excluding hydrogens is 751 g/mol. The molecule has 58 heavy (non-hydrogen) atoms. The van der Waals surface area contributed by atoms with Crippen LogP contribution in [0.15, 0.2) is 30.3 Å². The number of carbonyl (C=O) groups is 4. The minimum Gasteiger partial charge on any atom is -0.460 e. The first-order valence-corrected chi connectivity index (χ1v) is 25.3. The number of esters is 1. The highest BCUT2D eigenvalue weighted by molar-refractivity contribution is 6.74. The lowest BCUT2D eigenvalue weighted by molar-refractivity contribution is -0.164. The van der Waals surface area contributed by atoms with E-state index in [0.717, 1.165) is 31.2 Å². The van der Waals surface area contributed by atoms with Gasteiger partial charge in [0.05, 0.1) is 30.8 Å². The lowest BCUT2D eigenvalue weighted by atomic mass is 9.86. The fourth-order valence-corrected chi connectivity index (χ4v) is 8.59. The summed E-state index contributed by atoms with van der Waals surface area (Å²) in [6.07, 6.45) is 9.68. The average Bonchev–Trinajstić information content (AvgIpc) is 3.16. The first-order valence-electron chi connectivity index (χ1n) is 22.3. The van der Waals surface area contributed by atoms with Crippen LogP contribution < -0.4 is 16.0 Å². The van der Waals surface area contributed by atoms with Crippen molar-refractivity contribution in [3.63, 3.8) is 0 Å². The van der Waals surface area contributed by atoms with Gasteiger partial charge in [-0.2, -0.15) is 0 Å². The number of hydrogen-bond donors (Lipinski definition) is 4. The summed E-state index contributed by atoms with van der Waals surface area (Å²) in [4.78, 5) is 56.7. The highest BCUT2D eigenvalue weighted by atomic mass is 28.4. The summed E-state index contributed by atoms with van der Waals surface area (Å²) in [6.45, 7) is 23.3. The molecule has 0 radical (unpaired) electrons. The van der Waals surface area contributed by atoms with E-state index in [1.807, 2.05) is 44.2 Å². The molecule has 0 bridgehead atoms. The fraction of sp³-hybridized carbons (Fsp3) is 0.783. The monoisotopic (exact) mass is 832 g/mol. The third-order valence-electron chi connectivity index (χ3n) is 12.4. The Morgan fingerprint density at radius 2 is 1.22 bits per heavy atom. The van der Waals surface area contributed by atoms with Gasteiger partial charge < -0.3 is 35.0 Å². The SMILES string of the molecule is CCCCCCCCCCCCC[C@H]1OC(=O)[C@H]([C@@H](C)OCc2ccccc2)NC(=O)[C@H]([C@@H](C)O[Si](C)(C)C(C)(C)C)NC(=O)[C@H](C(C)C)NC(=O)[C@H](C)[C@H](O)[C@H]1C. The molecule has 1 fully saturated rings. The largest absolute Gasteiger partial charge is 0.460 e. The van der Waals surface area contributed by atoms with Crippen LogP contribution in [-0.4, -0.2) is 79.7 Å². The molecule has 0 spiro atoms. The zero-order chi connectivity index (χ0) is 43.6. The minimum atomic E-state index is -2.46. The number of benzene rings is 1. The van der Waals surface area contributed by atoms with Gasteiger partial charge in [0.1, 0.15) is 18.2 Å². The van der Waals surface area contributed by atoms with Crippen LogP contribution in [0.25, 0.3) is 0 Å². The van der Waals surface area contributed by atoms with Gasteiger partial charge in [0.15, 0.2) is 14.4 Å². The second kappa shape index (κ2) is 25.1. The molecule has 3 amide bonds. The van der Waals surface area contributed by atoms with Crippen LogP contribution >= 0.6 is 0 Å². The van der Waals surface area contributed by atoms with Crippen molar-refractivity contribution in [2.24, 2.45) is 17.8 Å². The van der Waals surface area contributed by atoms with Crippen molar-refractivity contribution in [2.75, 3.05) is 0 Å². The number of amides is 3. The lowest BCUT2D eigenvalue weighted by Crippen LogP contribution is -2.63. The summed E-state index contributed by atoms with van der Waals surface area (Å²) < 4.78 is 19.2. The molecule has 0 aliphatic carbocycles. The van der Waals surface area contributed by atoms with Gasteiger partial charge in [0.25, 0.3) is 0 Å². The third kappa shape index (κ3) is 16.7. The number of rotatable bonds is 20. The van der Waals surface area contributed by atoms with E-state index in [0.29, 0.717) is 6.42 Å². The number of aliphatic hydroxyl groups is 1. The second-order valence-corrected chi connectivity index (χ2v) is 23.5. The first-order chi connectivity index (χ1) is 27.2. The Balaban J connectivity index is 2.49. The molecular formula is C46H81N3O8Si. The van der Waals surface area contributed by atoms with Gasteiger partial charge in [-0.05, 0) is 56.3 Å². The molecule has 1 aromatic carbocycles. The number of carbonyl (C=O) groups excluding carboxylic acids is 4. The average molecular weight is 832 g/mol. The standard InChI is InChI=1S/C46H81N3O8Si/c1-13-14-15-16-17-18-19-20-21-22-26-29-37-32(4)41(50)33(5)42(51)47-38(31(2)3)43(52)48-39(35(7)57-58(11,12)46(8,9)10)44(53)49-40(45(54)56-37)34(6)55-30-36-27-24-23-25-28-36/h23-25,27-28,31-35,37-41,50H,13-22,26,29-30H2,1-12H3,(H,47,51)(H,48,52)(H,49,53)/t32-,33+,34+,35+,37+,38-,39-,40-,41+/m0/s1. The van der Waals surface area contributed by atoms with Crippen molar-refractivity contribution in [3.05, 3.63) is 35.9 Å². The summed E-state index contributed by atoms with van der Waals surface area (Å²) >= 11 is 0. The normalized spacial score (nSPS) is 25.5. The Bertz CT molecular complexity index is 1390. The summed E-state index contributed by atoms with van der Waals surface area (Å²) in [5.74, 6) is -4.32. The van der Waals surface area contributed by atoms with Crippen molar-refractivity contribution < 1.29 is 38.2 Å². The number of unbranched alkanes of at least 4 members (excludes halogenated alkanes) is 10. The number of aliphatic hydroxyl groups excluding tert-OH is 1. The molecule has 1 saturated heterocycles. The van der Waals surface area contributed by atoms with Crippen LogP contribution in [0, 0.1) is 17.8 Å². The molecule has 0 aromatic heterocycles. The maximum absolute atomic E-state index is 14.5. The molecule has 1 aliphatic heterocycles. The van der Waals surface area contributed by atoms with Crippen LogP contribution in [0.4, 0.5) is 0 Å². The lowest BCUT2D eigenvalue weighted by Gasteiger charge is -2.40. The predicted octanol–water partition coefficient (Wildman–Crippen LogP) is 8.37. The van der Waals surface area contributed by atoms with E-state index in [4.69, 9.17) is 13.9 Å². The molecule has 1 heterocycles. The molecule has 1 aliphatic rings. The Labute approximate surface area is 352 Å². The Morgan fingerprint density at radius 3 is 1.76 bits per heavy atom. The van der Waals surface area contributed by atoms with E-state index in [-0.39, 0.29) is 17.6 Å². The van der Waals surface area contributed by atoms with Gasteiger partial charge in [-0.15, -0.1) is 0 Å².